The first-order valence-electron chi connectivity index (χ1n) is 6.15. The molecule has 0 fully saturated rings. The van der Waals surface area contributed by atoms with Crippen molar-refractivity contribution in [1.29, 1.82) is 0 Å². The largest absolute Gasteiger partial charge is 0.330 e. The molecule has 0 radical (unpaired) electrons. The second kappa shape index (κ2) is 7.76. The first-order chi connectivity index (χ1) is 7.80. The van der Waals surface area contributed by atoms with Gasteiger partial charge in [0.1, 0.15) is 0 Å². The zero-order chi connectivity index (χ0) is 11.8. The summed E-state index contributed by atoms with van der Waals surface area (Å²) in [5, 5.41) is 3.34. The molecule has 0 aromatic carbocycles. The van der Waals surface area contributed by atoms with Crippen LogP contribution in [0.25, 0.3) is 0 Å². The maximum Gasteiger partial charge on any atom is 0.0941 e. The molecule has 0 aliphatic rings. The monoisotopic (exact) mass is 241 g/mol. The van der Waals surface area contributed by atoms with Gasteiger partial charge in [-0.1, -0.05) is 13.8 Å². The molecule has 1 heterocycles. The summed E-state index contributed by atoms with van der Waals surface area (Å²) >= 11 is 1.73. The molecule has 3 nitrogen and oxygen atoms in total. The van der Waals surface area contributed by atoms with Crippen LogP contribution < -0.4 is 5.73 Å². The maximum atomic E-state index is 5.52. The molecule has 0 saturated carbocycles. The predicted molar refractivity (Wildman–Crippen MR) is 70.7 cm³/mol. The lowest BCUT2D eigenvalue weighted by Crippen LogP contribution is -2.25. The van der Waals surface area contributed by atoms with Gasteiger partial charge in [0.25, 0.3) is 0 Å². The van der Waals surface area contributed by atoms with Gasteiger partial charge < -0.3 is 5.73 Å². The maximum absolute atomic E-state index is 5.52. The lowest BCUT2D eigenvalue weighted by Gasteiger charge is -2.19. The molecular weight excluding hydrogens is 218 g/mol. The summed E-state index contributed by atoms with van der Waals surface area (Å²) in [6.07, 6.45) is 3.33. The van der Waals surface area contributed by atoms with Gasteiger partial charge in [0.2, 0.25) is 0 Å². The number of nitrogens with zero attached hydrogens (tertiary/aromatic N) is 2. The minimum Gasteiger partial charge on any atom is -0.330 e. The van der Waals surface area contributed by atoms with E-state index in [0.29, 0.717) is 6.54 Å². The van der Waals surface area contributed by atoms with Crippen molar-refractivity contribution >= 4 is 11.3 Å². The van der Waals surface area contributed by atoms with Gasteiger partial charge in [-0.05, 0) is 32.5 Å². The zero-order valence-electron chi connectivity index (χ0n) is 10.4. The van der Waals surface area contributed by atoms with Crippen LogP contribution in [0.5, 0.6) is 0 Å². The van der Waals surface area contributed by atoms with E-state index in [1.807, 2.05) is 0 Å². The van der Waals surface area contributed by atoms with Crippen LogP contribution in [0.4, 0.5) is 0 Å². The fourth-order valence-corrected chi connectivity index (χ4v) is 2.60. The summed E-state index contributed by atoms with van der Waals surface area (Å²) in [7, 11) is 0. The minimum absolute atomic E-state index is 0.695. The number of nitrogens with two attached hydrogens (primary N) is 1. The Morgan fingerprint density at radius 1 is 1.31 bits per heavy atom. The molecule has 1 aromatic rings. The Labute approximate surface area is 103 Å². The fraction of sp³-hybridized carbons (Fsp3) is 0.750. The molecule has 92 valence electrons. The number of aromatic nitrogens is 1. The van der Waals surface area contributed by atoms with E-state index in [4.69, 9.17) is 5.73 Å². The first kappa shape index (κ1) is 13.6. The minimum atomic E-state index is 0.695. The molecule has 0 saturated heterocycles. The van der Waals surface area contributed by atoms with E-state index < -0.39 is 0 Å². The summed E-state index contributed by atoms with van der Waals surface area (Å²) in [6.45, 7) is 8.46. The molecule has 0 aliphatic heterocycles. The van der Waals surface area contributed by atoms with Crippen molar-refractivity contribution in [2.75, 3.05) is 19.6 Å². The SMILES string of the molecule is CCCN(CCC)Cc1csc(CCN)n1. The quantitative estimate of drug-likeness (QED) is 0.759. The van der Waals surface area contributed by atoms with Crippen LogP contribution >= 0.6 is 11.3 Å². The van der Waals surface area contributed by atoms with Crippen LogP contribution in [0.1, 0.15) is 37.4 Å². The van der Waals surface area contributed by atoms with Gasteiger partial charge in [-0.15, -0.1) is 11.3 Å². The van der Waals surface area contributed by atoms with E-state index in [9.17, 15) is 0 Å². The zero-order valence-corrected chi connectivity index (χ0v) is 11.2. The molecule has 0 aliphatic carbocycles. The van der Waals surface area contributed by atoms with E-state index in [1.54, 1.807) is 11.3 Å². The lowest BCUT2D eigenvalue weighted by atomic mass is 10.3. The summed E-state index contributed by atoms with van der Waals surface area (Å²) in [5.41, 5.74) is 6.73. The smallest absolute Gasteiger partial charge is 0.0941 e. The molecule has 4 heteroatoms. The van der Waals surface area contributed by atoms with Crippen molar-refractivity contribution < 1.29 is 0 Å². The molecule has 16 heavy (non-hydrogen) atoms. The second-order valence-corrected chi connectivity index (χ2v) is 4.99. The molecule has 2 N–H and O–H groups in total. The van der Waals surface area contributed by atoms with Gasteiger partial charge in [-0.2, -0.15) is 0 Å². The lowest BCUT2D eigenvalue weighted by molar-refractivity contribution is 0.264. The van der Waals surface area contributed by atoms with Crippen LogP contribution in [0, 0.1) is 0 Å². The third-order valence-corrected chi connectivity index (χ3v) is 3.38. The number of rotatable bonds is 8. The van der Waals surface area contributed by atoms with Crippen LogP contribution in [-0.2, 0) is 13.0 Å². The summed E-state index contributed by atoms with van der Waals surface area (Å²) < 4.78 is 0. The van der Waals surface area contributed by atoms with Crippen LogP contribution in [-0.4, -0.2) is 29.5 Å². The normalized spacial score (nSPS) is 11.2. The predicted octanol–water partition coefficient (Wildman–Crippen LogP) is 2.27. The number of hydrogen-bond acceptors (Lipinski definition) is 4. The van der Waals surface area contributed by atoms with Crippen molar-refractivity contribution in [2.45, 2.75) is 39.7 Å². The van der Waals surface area contributed by atoms with E-state index in [1.165, 1.54) is 23.5 Å². The van der Waals surface area contributed by atoms with Gasteiger partial charge in [0, 0.05) is 18.3 Å². The van der Waals surface area contributed by atoms with Gasteiger partial charge in [-0.25, -0.2) is 4.98 Å². The third-order valence-electron chi connectivity index (χ3n) is 2.42. The molecule has 0 bridgehead atoms. The van der Waals surface area contributed by atoms with Crippen LogP contribution in [0.2, 0.25) is 0 Å². The molecule has 0 spiro atoms. The topological polar surface area (TPSA) is 42.1 Å². The molecule has 1 rings (SSSR count). The summed E-state index contributed by atoms with van der Waals surface area (Å²) in [4.78, 5) is 7.07. The first-order valence-corrected chi connectivity index (χ1v) is 7.03. The molecule has 0 unspecified atom stereocenters. The van der Waals surface area contributed by atoms with E-state index >= 15 is 0 Å². The Hall–Kier alpha value is -0.450. The van der Waals surface area contributed by atoms with E-state index in [0.717, 1.165) is 26.1 Å². The van der Waals surface area contributed by atoms with Crippen molar-refractivity contribution in [1.82, 2.24) is 9.88 Å². The van der Waals surface area contributed by atoms with Crippen molar-refractivity contribution in [3.63, 3.8) is 0 Å². The Balaban J connectivity index is 2.48. The van der Waals surface area contributed by atoms with E-state index in [-0.39, 0.29) is 0 Å². The molecule has 0 atom stereocenters. The van der Waals surface area contributed by atoms with Gasteiger partial charge in [0.05, 0.1) is 10.7 Å². The average molecular weight is 241 g/mol. The number of hydrogen-bond donors (Lipinski definition) is 1. The van der Waals surface area contributed by atoms with Crippen LogP contribution in [0.3, 0.4) is 0 Å². The fourth-order valence-electron chi connectivity index (χ4n) is 1.79. The van der Waals surface area contributed by atoms with Crippen molar-refractivity contribution in [3.8, 4) is 0 Å². The number of thiazole rings is 1. The van der Waals surface area contributed by atoms with Crippen molar-refractivity contribution in [2.24, 2.45) is 5.73 Å². The highest BCUT2D eigenvalue weighted by Gasteiger charge is 2.07. The highest BCUT2D eigenvalue weighted by atomic mass is 32.1. The Kier molecular flexibility index (Phi) is 6.61. The Bertz CT molecular complexity index is 280. The average Bonchev–Trinajstić information content (AvgIpc) is 2.67. The van der Waals surface area contributed by atoms with Gasteiger partial charge in [0.15, 0.2) is 0 Å². The standard InChI is InChI=1S/C12H23N3S/c1-3-7-15(8-4-2)9-11-10-16-12(14-11)5-6-13/h10H,3-9,13H2,1-2H3. The van der Waals surface area contributed by atoms with Crippen molar-refractivity contribution in [3.05, 3.63) is 16.1 Å². The highest BCUT2D eigenvalue weighted by molar-refractivity contribution is 7.09. The Morgan fingerprint density at radius 2 is 2.00 bits per heavy atom. The second-order valence-electron chi connectivity index (χ2n) is 4.05. The third kappa shape index (κ3) is 4.60. The van der Waals surface area contributed by atoms with Crippen LogP contribution in [0.15, 0.2) is 5.38 Å². The molecule has 0 amide bonds. The van der Waals surface area contributed by atoms with Gasteiger partial charge in [-0.3, -0.25) is 4.90 Å². The molecule has 1 aromatic heterocycles. The van der Waals surface area contributed by atoms with E-state index in [2.05, 4.69) is 29.1 Å². The Morgan fingerprint density at radius 3 is 2.56 bits per heavy atom. The summed E-state index contributed by atoms with van der Waals surface area (Å²) in [6, 6.07) is 0. The molecular formula is C12H23N3S. The summed E-state index contributed by atoms with van der Waals surface area (Å²) in [5.74, 6) is 0. The highest BCUT2D eigenvalue weighted by Crippen LogP contribution is 2.12. The van der Waals surface area contributed by atoms with Gasteiger partial charge >= 0.3 is 0 Å².